The zero-order chi connectivity index (χ0) is 19.7. The van der Waals surface area contributed by atoms with Crippen LogP contribution in [0.4, 0.5) is 13.2 Å². The minimum absolute atomic E-state index is 0.234. The van der Waals surface area contributed by atoms with Gasteiger partial charge in [-0.05, 0) is 53.8 Å². The van der Waals surface area contributed by atoms with Crippen LogP contribution in [0.15, 0.2) is 24.3 Å². The van der Waals surface area contributed by atoms with Gasteiger partial charge in [-0.25, -0.2) is 4.68 Å². The van der Waals surface area contributed by atoms with Gasteiger partial charge in [0.1, 0.15) is 0 Å². The minimum Gasteiger partial charge on any atom is -0.393 e. The van der Waals surface area contributed by atoms with Gasteiger partial charge in [-0.1, -0.05) is 25.0 Å². The van der Waals surface area contributed by atoms with E-state index in [-0.39, 0.29) is 18.2 Å². The van der Waals surface area contributed by atoms with Crippen molar-refractivity contribution >= 4 is 0 Å². The molecule has 1 N–H and O–H groups in total. The van der Waals surface area contributed by atoms with Crippen molar-refractivity contribution in [3.63, 3.8) is 0 Å². The van der Waals surface area contributed by atoms with Crippen LogP contribution in [0.1, 0.15) is 67.6 Å². The van der Waals surface area contributed by atoms with E-state index in [0.29, 0.717) is 31.8 Å². The number of rotatable bonds is 4. The molecule has 6 nitrogen and oxygen atoms in total. The lowest BCUT2D eigenvalue weighted by Crippen LogP contribution is -2.40. The van der Waals surface area contributed by atoms with E-state index in [1.807, 2.05) is 4.68 Å². The first-order valence-electron chi connectivity index (χ1n) is 9.80. The van der Waals surface area contributed by atoms with E-state index in [0.717, 1.165) is 43.4 Å². The summed E-state index contributed by atoms with van der Waals surface area (Å²) in [5.74, 6) is 0.669. The molecule has 4 rings (SSSR count). The summed E-state index contributed by atoms with van der Waals surface area (Å²) in [6.45, 7) is 1.29. The lowest BCUT2D eigenvalue weighted by Gasteiger charge is -2.36. The molecular formula is C19H24F3N5O. The fourth-order valence-corrected chi connectivity index (χ4v) is 4.31. The Balaban J connectivity index is 1.70. The molecule has 9 heteroatoms. The predicted octanol–water partition coefficient (Wildman–Crippen LogP) is 3.35. The van der Waals surface area contributed by atoms with E-state index < -0.39 is 11.7 Å². The fourth-order valence-electron chi connectivity index (χ4n) is 4.31. The van der Waals surface area contributed by atoms with E-state index in [1.165, 1.54) is 12.1 Å². The van der Waals surface area contributed by atoms with E-state index in [4.69, 9.17) is 0 Å². The molecule has 1 saturated carbocycles. The highest BCUT2D eigenvalue weighted by atomic mass is 19.4. The largest absolute Gasteiger partial charge is 0.416 e. The molecule has 2 aliphatic rings. The lowest BCUT2D eigenvalue weighted by molar-refractivity contribution is -0.137. The summed E-state index contributed by atoms with van der Waals surface area (Å²) in [4.78, 5) is 2.16. The topological polar surface area (TPSA) is 67.1 Å². The summed E-state index contributed by atoms with van der Waals surface area (Å²) < 4.78 is 40.8. The quantitative estimate of drug-likeness (QED) is 0.860. The Morgan fingerprint density at radius 3 is 2.25 bits per heavy atom. The second-order valence-electron chi connectivity index (χ2n) is 7.71. The third-order valence-corrected chi connectivity index (χ3v) is 5.85. The number of hydrogen-bond donors (Lipinski definition) is 1. The number of alkyl halides is 3. The van der Waals surface area contributed by atoms with Crippen LogP contribution >= 0.6 is 0 Å². The number of piperidine rings is 1. The van der Waals surface area contributed by atoms with E-state index in [2.05, 4.69) is 20.4 Å². The average molecular weight is 395 g/mol. The summed E-state index contributed by atoms with van der Waals surface area (Å²) in [5, 5.41) is 22.2. The van der Waals surface area contributed by atoms with Crippen molar-refractivity contribution in [2.45, 2.75) is 62.9 Å². The SMILES string of the molecule is OC1CCN([C@H](c2ccc(C(F)(F)F)cc2)c2nnnn2C2CCCC2)CC1. The van der Waals surface area contributed by atoms with Gasteiger partial charge in [-0.3, -0.25) is 4.90 Å². The highest BCUT2D eigenvalue weighted by molar-refractivity contribution is 5.30. The van der Waals surface area contributed by atoms with Crippen LogP contribution in [0.5, 0.6) is 0 Å². The maximum absolute atomic E-state index is 13.0. The molecular weight excluding hydrogens is 371 g/mol. The second kappa shape index (κ2) is 7.79. The van der Waals surface area contributed by atoms with Crippen molar-refractivity contribution in [1.82, 2.24) is 25.1 Å². The van der Waals surface area contributed by atoms with Crippen molar-refractivity contribution in [3.8, 4) is 0 Å². The number of likely N-dealkylation sites (tertiary alicyclic amines) is 1. The number of aliphatic hydroxyl groups excluding tert-OH is 1. The number of nitrogens with zero attached hydrogens (tertiary/aromatic N) is 5. The van der Waals surface area contributed by atoms with Gasteiger partial charge in [0.15, 0.2) is 5.82 Å². The fraction of sp³-hybridized carbons (Fsp3) is 0.632. The molecule has 2 aromatic rings. The van der Waals surface area contributed by atoms with Crippen LogP contribution in [-0.2, 0) is 6.18 Å². The second-order valence-corrected chi connectivity index (χ2v) is 7.71. The summed E-state index contributed by atoms with van der Waals surface area (Å²) in [6.07, 6.45) is 0.831. The molecule has 1 aromatic carbocycles. The summed E-state index contributed by atoms with van der Waals surface area (Å²) in [6, 6.07) is 5.18. The summed E-state index contributed by atoms with van der Waals surface area (Å²) >= 11 is 0. The lowest BCUT2D eigenvalue weighted by atomic mass is 9.98. The molecule has 1 aliphatic carbocycles. The Bertz CT molecular complexity index is 778. The molecule has 0 unspecified atom stereocenters. The molecule has 0 spiro atoms. The Labute approximate surface area is 161 Å². The summed E-state index contributed by atoms with van der Waals surface area (Å²) in [7, 11) is 0. The van der Waals surface area contributed by atoms with Crippen LogP contribution < -0.4 is 0 Å². The van der Waals surface area contributed by atoms with Crippen molar-refractivity contribution < 1.29 is 18.3 Å². The van der Waals surface area contributed by atoms with Crippen LogP contribution in [0.2, 0.25) is 0 Å². The normalized spacial score (nSPS) is 21.3. The van der Waals surface area contributed by atoms with Gasteiger partial charge in [0.25, 0.3) is 0 Å². The molecule has 1 atom stereocenters. The monoisotopic (exact) mass is 395 g/mol. The maximum Gasteiger partial charge on any atom is 0.416 e. The third-order valence-electron chi connectivity index (χ3n) is 5.85. The molecule has 0 bridgehead atoms. The van der Waals surface area contributed by atoms with Crippen LogP contribution in [-0.4, -0.2) is 49.4 Å². The average Bonchev–Trinajstić information content (AvgIpc) is 3.35. The van der Waals surface area contributed by atoms with Crippen LogP contribution in [0.25, 0.3) is 0 Å². The zero-order valence-electron chi connectivity index (χ0n) is 15.5. The van der Waals surface area contributed by atoms with E-state index in [9.17, 15) is 18.3 Å². The van der Waals surface area contributed by atoms with Gasteiger partial charge in [0.2, 0.25) is 0 Å². The Kier molecular flexibility index (Phi) is 5.37. The van der Waals surface area contributed by atoms with E-state index >= 15 is 0 Å². The molecule has 1 aromatic heterocycles. The smallest absolute Gasteiger partial charge is 0.393 e. The Hall–Kier alpha value is -2.00. The van der Waals surface area contributed by atoms with Gasteiger partial charge < -0.3 is 5.11 Å². The molecule has 2 heterocycles. The highest BCUT2D eigenvalue weighted by Crippen LogP contribution is 2.36. The standard InChI is InChI=1S/C19H24F3N5O/c20-19(21,22)14-7-5-13(6-8-14)17(26-11-9-16(28)10-12-26)18-23-24-25-27(18)15-3-1-2-4-15/h5-8,15-17,28H,1-4,9-12H2/t17-/m1/s1. The Morgan fingerprint density at radius 2 is 1.64 bits per heavy atom. The molecule has 28 heavy (non-hydrogen) atoms. The third kappa shape index (κ3) is 3.91. The number of hydrogen-bond acceptors (Lipinski definition) is 5. The minimum atomic E-state index is -4.37. The van der Waals surface area contributed by atoms with Gasteiger partial charge in [0, 0.05) is 13.1 Å². The summed E-state index contributed by atoms with van der Waals surface area (Å²) in [5.41, 5.74) is 0.0675. The predicted molar refractivity (Wildman–Crippen MR) is 95.4 cm³/mol. The van der Waals surface area contributed by atoms with Crippen molar-refractivity contribution in [2.24, 2.45) is 0 Å². The van der Waals surface area contributed by atoms with Crippen LogP contribution in [0.3, 0.4) is 0 Å². The van der Waals surface area contributed by atoms with E-state index in [1.54, 1.807) is 0 Å². The first kappa shape index (κ1) is 19.3. The molecule has 1 aliphatic heterocycles. The van der Waals surface area contributed by atoms with Gasteiger partial charge in [-0.2, -0.15) is 13.2 Å². The zero-order valence-corrected chi connectivity index (χ0v) is 15.5. The number of benzene rings is 1. The molecule has 0 radical (unpaired) electrons. The highest BCUT2D eigenvalue weighted by Gasteiger charge is 2.34. The molecule has 0 amide bonds. The van der Waals surface area contributed by atoms with Crippen molar-refractivity contribution in [3.05, 3.63) is 41.2 Å². The maximum atomic E-state index is 13.0. The van der Waals surface area contributed by atoms with Crippen molar-refractivity contribution in [1.29, 1.82) is 0 Å². The molecule has 1 saturated heterocycles. The first-order valence-corrected chi connectivity index (χ1v) is 9.80. The number of halogens is 3. The van der Waals surface area contributed by atoms with Gasteiger partial charge in [-0.15, -0.1) is 5.10 Å². The Morgan fingerprint density at radius 1 is 1.00 bits per heavy atom. The van der Waals surface area contributed by atoms with Crippen molar-refractivity contribution in [2.75, 3.05) is 13.1 Å². The molecule has 152 valence electrons. The molecule has 2 fully saturated rings. The van der Waals surface area contributed by atoms with Crippen LogP contribution in [0, 0.1) is 0 Å². The number of aliphatic hydroxyl groups is 1. The number of aromatic nitrogens is 4. The number of tetrazole rings is 1. The first-order chi connectivity index (χ1) is 13.4. The van der Waals surface area contributed by atoms with Gasteiger partial charge >= 0.3 is 6.18 Å². The van der Waals surface area contributed by atoms with Gasteiger partial charge in [0.05, 0.1) is 23.8 Å².